The molecule has 2 aromatic heterocycles. The van der Waals surface area contributed by atoms with Gasteiger partial charge in [-0.25, -0.2) is 18.3 Å². The van der Waals surface area contributed by atoms with E-state index in [2.05, 4.69) is 69.6 Å². The van der Waals surface area contributed by atoms with Gasteiger partial charge in [-0.3, -0.25) is 0 Å². The van der Waals surface area contributed by atoms with Crippen LogP contribution in [0.1, 0.15) is 136 Å². The van der Waals surface area contributed by atoms with Crippen molar-refractivity contribution in [2.75, 3.05) is 13.2 Å². The number of rotatable bonds is 28. The van der Waals surface area contributed by atoms with Gasteiger partial charge in [-0.05, 0) is 32.1 Å². The maximum Gasteiger partial charge on any atom is 0.245 e. The van der Waals surface area contributed by atoms with Gasteiger partial charge in [-0.15, -0.1) is 0 Å². The summed E-state index contributed by atoms with van der Waals surface area (Å²) in [5.41, 5.74) is 0. The van der Waals surface area contributed by atoms with Crippen molar-refractivity contribution in [2.45, 2.75) is 162 Å². The lowest BCUT2D eigenvalue weighted by atomic mass is 10.1. The Balaban J connectivity index is 1.38. The fourth-order valence-electron chi connectivity index (χ4n) is 5.11. The molecule has 0 aliphatic heterocycles. The molecule has 0 N–H and O–H groups in total. The minimum absolute atomic E-state index is 0.612. The second kappa shape index (κ2) is 24.2. The van der Waals surface area contributed by atoms with E-state index in [4.69, 9.17) is 9.47 Å². The highest BCUT2D eigenvalue weighted by Crippen LogP contribution is 2.11. The Kier molecular flexibility index (Phi) is 20.8. The second-order valence-corrected chi connectivity index (χ2v) is 11.4. The Morgan fingerprint density at radius 3 is 1.21 bits per heavy atom. The molecular weight excluding hydrogens is 484 g/mol. The van der Waals surface area contributed by atoms with Gasteiger partial charge in [-0.2, -0.15) is 0 Å². The molecule has 2 rings (SSSR count). The first kappa shape index (κ1) is 33.5. The van der Waals surface area contributed by atoms with E-state index in [0.29, 0.717) is 13.5 Å². The Bertz CT molecular complexity index is 724. The van der Waals surface area contributed by atoms with Crippen molar-refractivity contribution >= 4 is 0 Å². The van der Waals surface area contributed by atoms with Crippen LogP contribution in [0.5, 0.6) is 0 Å². The van der Waals surface area contributed by atoms with E-state index in [1.165, 1.54) is 116 Å². The lowest BCUT2D eigenvalue weighted by Crippen LogP contribution is -2.33. The number of hydrogen-bond acceptors (Lipinski definition) is 2. The summed E-state index contributed by atoms with van der Waals surface area (Å²) in [6, 6.07) is 0. The summed E-state index contributed by atoms with van der Waals surface area (Å²) in [5, 5.41) is 0. The van der Waals surface area contributed by atoms with Crippen LogP contribution in [0, 0.1) is 0 Å². The molecule has 0 saturated carbocycles. The van der Waals surface area contributed by atoms with Crippen molar-refractivity contribution in [2.24, 2.45) is 0 Å². The first-order valence-electron chi connectivity index (χ1n) is 16.6. The molecule has 2 aromatic rings. The van der Waals surface area contributed by atoms with Gasteiger partial charge in [0.25, 0.3) is 0 Å². The molecular formula is C33H62N4O2+2. The number of aryl methyl sites for hydroxylation is 2. The molecule has 0 bridgehead atoms. The summed E-state index contributed by atoms with van der Waals surface area (Å²) in [7, 11) is 0. The fraction of sp³-hybridized carbons (Fsp3) is 0.818. The van der Waals surface area contributed by atoms with Gasteiger partial charge >= 0.3 is 0 Å². The van der Waals surface area contributed by atoms with Crippen LogP contribution in [0.15, 0.2) is 37.4 Å². The molecule has 2 heterocycles. The Morgan fingerprint density at radius 1 is 0.462 bits per heavy atom. The smallest absolute Gasteiger partial charge is 0.245 e. The van der Waals surface area contributed by atoms with Crippen molar-refractivity contribution < 1.29 is 18.6 Å². The molecule has 0 spiro atoms. The van der Waals surface area contributed by atoms with E-state index in [1.807, 2.05) is 0 Å². The molecule has 0 radical (unpaired) electrons. The third-order valence-corrected chi connectivity index (χ3v) is 7.59. The molecule has 6 heteroatoms. The lowest BCUT2D eigenvalue weighted by molar-refractivity contribution is -0.733. The maximum atomic E-state index is 5.84. The van der Waals surface area contributed by atoms with E-state index in [0.717, 1.165) is 32.7 Å². The van der Waals surface area contributed by atoms with Gasteiger partial charge in [0, 0.05) is 0 Å². The average Bonchev–Trinajstić information content (AvgIpc) is 3.60. The van der Waals surface area contributed by atoms with Crippen molar-refractivity contribution in [1.82, 2.24) is 9.13 Å². The SMILES string of the molecule is CCCCCCCCCCCn1cc[n+](COCCCOC[n+]2ccn(CCCCCCCCCCC)c2)c1. The molecule has 0 aliphatic carbocycles. The number of hydrogen-bond donors (Lipinski definition) is 0. The van der Waals surface area contributed by atoms with Crippen LogP contribution >= 0.6 is 0 Å². The summed E-state index contributed by atoms with van der Waals surface area (Å²) < 4.78 is 20.5. The summed E-state index contributed by atoms with van der Waals surface area (Å²) in [5.74, 6) is 0. The van der Waals surface area contributed by atoms with Gasteiger partial charge in [-0.1, -0.05) is 104 Å². The average molecular weight is 547 g/mol. The number of imidazole rings is 2. The molecule has 6 nitrogen and oxygen atoms in total. The van der Waals surface area contributed by atoms with Gasteiger partial charge in [0.15, 0.2) is 13.5 Å². The lowest BCUT2D eigenvalue weighted by Gasteiger charge is -2.03. The molecule has 0 atom stereocenters. The van der Waals surface area contributed by atoms with Gasteiger partial charge in [0.05, 0.1) is 26.3 Å². The molecule has 0 saturated heterocycles. The topological polar surface area (TPSA) is 36.1 Å². The van der Waals surface area contributed by atoms with Crippen LogP contribution in [0.2, 0.25) is 0 Å². The molecule has 0 fully saturated rings. The Morgan fingerprint density at radius 2 is 0.821 bits per heavy atom. The number of nitrogens with zero attached hydrogens (tertiary/aromatic N) is 4. The van der Waals surface area contributed by atoms with E-state index in [-0.39, 0.29) is 0 Å². The van der Waals surface area contributed by atoms with Crippen LogP contribution in [-0.2, 0) is 36.0 Å². The van der Waals surface area contributed by atoms with Crippen LogP contribution in [0.3, 0.4) is 0 Å². The summed E-state index contributed by atoms with van der Waals surface area (Å²) >= 11 is 0. The fourth-order valence-corrected chi connectivity index (χ4v) is 5.11. The van der Waals surface area contributed by atoms with Gasteiger partial charge < -0.3 is 9.47 Å². The van der Waals surface area contributed by atoms with Crippen LogP contribution in [-0.4, -0.2) is 22.3 Å². The van der Waals surface area contributed by atoms with E-state index < -0.39 is 0 Å². The molecule has 224 valence electrons. The van der Waals surface area contributed by atoms with Crippen molar-refractivity contribution in [1.29, 1.82) is 0 Å². The quantitative estimate of drug-likeness (QED) is 0.0801. The minimum atomic E-state index is 0.612. The number of unbranched alkanes of at least 4 members (excludes halogenated alkanes) is 16. The zero-order valence-electron chi connectivity index (χ0n) is 25.7. The summed E-state index contributed by atoms with van der Waals surface area (Å²) in [6.07, 6.45) is 38.5. The summed E-state index contributed by atoms with van der Waals surface area (Å²) in [4.78, 5) is 0. The standard InChI is InChI=1S/C33H62N4O2/c1-3-5-7-9-11-13-15-17-19-22-34-24-26-36(30-34)32-38-28-21-29-39-33-37-27-25-35(31-37)23-20-18-16-14-12-10-8-6-4-2/h24-27,30-31H,3-23,28-29,32-33H2,1-2H3/q+2. The Labute approximate surface area is 240 Å². The molecule has 0 aliphatic rings. The van der Waals surface area contributed by atoms with Crippen LogP contribution in [0.25, 0.3) is 0 Å². The highest BCUT2D eigenvalue weighted by Gasteiger charge is 2.05. The molecule has 0 unspecified atom stereocenters. The normalized spacial score (nSPS) is 11.5. The number of aromatic nitrogens is 4. The third kappa shape index (κ3) is 18.3. The van der Waals surface area contributed by atoms with Crippen molar-refractivity contribution in [3.05, 3.63) is 37.4 Å². The van der Waals surface area contributed by atoms with E-state index >= 15 is 0 Å². The molecule has 39 heavy (non-hydrogen) atoms. The highest BCUT2D eigenvalue weighted by atomic mass is 16.5. The Hall–Kier alpha value is -1.66. The predicted octanol–water partition coefficient (Wildman–Crippen LogP) is 7.96. The van der Waals surface area contributed by atoms with Gasteiger partial charge in [0.2, 0.25) is 12.7 Å². The maximum absolute atomic E-state index is 5.84. The van der Waals surface area contributed by atoms with Crippen molar-refractivity contribution in [3.8, 4) is 0 Å². The van der Waals surface area contributed by atoms with Gasteiger partial charge in [0.1, 0.15) is 24.8 Å². The minimum Gasteiger partial charge on any atom is -0.342 e. The third-order valence-electron chi connectivity index (χ3n) is 7.59. The van der Waals surface area contributed by atoms with Crippen LogP contribution < -0.4 is 9.13 Å². The molecule has 0 aromatic carbocycles. The monoisotopic (exact) mass is 546 g/mol. The zero-order chi connectivity index (χ0) is 27.6. The van der Waals surface area contributed by atoms with Crippen LogP contribution in [0.4, 0.5) is 0 Å². The van der Waals surface area contributed by atoms with Crippen molar-refractivity contribution in [3.63, 3.8) is 0 Å². The summed E-state index contributed by atoms with van der Waals surface area (Å²) in [6.45, 7) is 9.45. The first-order chi connectivity index (χ1) is 19.3. The molecule has 0 amide bonds. The second-order valence-electron chi connectivity index (χ2n) is 11.4. The highest BCUT2D eigenvalue weighted by molar-refractivity contribution is 4.66. The largest absolute Gasteiger partial charge is 0.342 e. The van der Waals surface area contributed by atoms with E-state index in [1.54, 1.807) is 0 Å². The number of ether oxygens (including phenoxy) is 2. The first-order valence-corrected chi connectivity index (χ1v) is 16.6. The van der Waals surface area contributed by atoms with E-state index in [9.17, 15) is 0 Å². The predicted molar refractivity (Wildman–Crippen MR) is 160 cm³/mol. The zero-order valence-corrected chi connectivity index (χ0v) is 25.7.